The number of carbonyl (C=O) groups is 1. The Bertz CT molecular complexity index is 470. The predicted octanol–water partition coefficient (Wildman–Crippen LogP) is 4.51. The molecular weight excluding hydrogens is 403 g/mol. The van der Waals surface area contributed by atoms with Gasteiger partial charge in [-0.3, -0.25) is 0 Å². The molecule has 0 saturated carbocycles. The van der Waals surface area contributed by atoms with Crippen molar-refractivity contribution in [1.82, 2.24) is 0 Å². The Kier molecular flexibility index (Phi) is 6.48. The molecule has 0 aromatic rings. The van der Waals surface area contributed by atoms with Gasteiger partial charge in [0.05, 0.1) is 0 Å². The van der Waals surface area contributed by atoms with Crippen LogP contribution in [0.3, 0.4) is 0 Å². The van der Waals surface area contributed by atoms with Crippen LogP contribution >= 0.6 is 0 Å². The fourth-order valence-corrected chi connectivity index (χ4v) is 1.02. The minimum Gasteiger partial charge on any atom is -0.428 e. The lowest BCUT2D eigenvalue weighted by Crippen LogP contribution is -2.67. The largest absolute Gasteiger partial charge is 0.508 e. The van der Waals surface area contributed by atoms with Gasteiger partial charge in [0.1, 0.15) is 0 Å². The zero-order valence-corrected chi connectivity index (χ0v) is 11.1. The van der Waals surface area contributed by atoms with Crippen molar-refractivity contribution in [2.24, 2.45) is 0 Å². The third-order valence-corrected chi connectivity index (χ3v) is 2.30. The Labute approximate surface area is 128 Å². The zero-order valence-electron chi connectivity index (χ0n) is 11.1. The molecule has 0 atom stereocenters. The van der Waals surface area contributed by atoms with Crippen LogP contribution in [0.15, 0.2) is 0 Å². The average molecular weight is 408 g/mol. The van der Waals surface area contributed by atoms with Gasteiger partial charge in [0, 0.05) is 0 Å². The van der Waals surface area contributed by atoms with E-state index in [2.05, 4.69) is 9.47 Å². The second kappa shape index (κ2) is 6.93. The molecule has 0 aromatic heterocycles. The Hall–Kier alpha value is -1.64. The van der Waals surface area contributed by atoms with Crippen LogP contribution in [0, 0.1) is 0 Å². The first-order chi connectivity index (χ1) is 10.8. The van der Waals surface area contributed by atoms with Crippen molar-refractivity contribution in [1.29, 1.82) is 0 Å². The van der Waals surface area contributed by atoms with E-state index in [0.29, 0.717) is 0 Å². The van der Waals surface area contributed by atoms with Crippen LogP contribution in [0.5, 0.6) is 0 Å². The lowest BCUT2D eigenvalue weighted by Gasteiger charge is -2.36. The van der Waals surface area contributed by atoms with Gasteiger partial charge in [-0.25, -0.2) is 13.6 Å². The van der Waals surface area contributed by atoms with Gasteiger partial charge in [-0.05, 0) is 0 Å². The SMILES string of the molecule is O=C(OCC(F)F)OCC(F)(F)C(F)(F)C(F)(F)C(F)(F)C(F)(F)F. The quantitative estimate of drug-likeness (QED) is 0.460. The highest BCUT2D eigenvalue weighted by atomic mass is 19.4. The van der Waals surface area contributed by atoms with E-state index in [1.807, 2.05) is 0 Å². The summed E-state index contributed by atoms with van der Waals surface area (Å²) in [7, 11) is 0. The van der Waals surface area contributed by atoms with E-state index >= 15 is 0 Å². The highest BCUT2D eigenvalue weighted by molar-refractivity contribution is 5.59. The normalized spacial score (nSPS) is 14.6. The lowest BCUT2D eigenvalue weighted by molar-refractivity contribution is -0.423. The van der Waals surface area contributed by atoms with E-state index in [1.54, 1.807) is 0 Å². The first kappa shape index (κ1) is 23.4. The first-order valence-corrected chi connectivity index (χ1v) is 5.47. The van der Waals surface area contributed by atoms with Gasteiger partial charge >= 0.3 is 36.0 Å². The zero-order chi connectivity index (χ0) is 20.5. The average Bonchev–Trinajstić information content (AvgIpc) is 2.41. The summed E-state index contributed by atoms with van der Waals surface area (Å²) in [6, 6.07) is 0. The highest BCUT2D eigenvalue weighted by Gasteiger charge is 2.87. The fourth-order valence-electron chi connectivity index (χ4n) is 1.02. The van der Waals surface area contributed by atoms with Crippen molar-refractivity contribution in [3.8, 4) is 0 Å². The molecule has 0 aromatic carbocycles. The van der Waals surface area contributed by atoms with Crippen molar-refractivity contribution in [3.05, 3.63) is 0 Å². The molecule has 0 rings (SSSR count). The van der Waals surface area contributed by atoms with Gasteiger partial charge in [0.25, 0.3) is 6.43 Å². The molecule has 0 fully saturated rings. The summed E-state index contributed by atoms with van der Waals surface area (Å²) in [5.74, 6) is -29.0. The van der Waals surface area contributed by atoms with Crippen molar-refractivity contribution in [2.45, 2.75) is 36.3 Å². The van der Waals surface area contributed by atoms with Crippen LogP contribution in [-0.4, -0.2) is 55.7 Å². The molecule has 0 bridgehead atoms. The summed E-state index contributed by atoms with van der Waals surface area (Å²) in [5.41, 5.74) is 0. The van der Waals surface area contributed by atoms with Gasteiger partial charge in [0.2, 0.25) is 0 Å². The van der Waals surface area contributed by atoms with Crippen molar-refractivity contribution in [3.63, 3.8) is 0 Å². The second-order valence-corrected chi connectivity index (χ2v) is 4.17. The van der Waals surface area contributed by atoms with Gasteiger partial charge in [-0.15, -0.1) is 0 Å². The maximum absolute atomic E-state index is 13.0. The number of ether oxygens (including phenoxy) is 2. The smallest absolute Gasteiger partial charge is 0.428 e. The standard InChI is InChI=1S/C9H5F13O3/c10-3(11)1-24-4(23)25-2-5(12,13)6(14,15)7(16,17)8(18,19)9(20,21)22/h3H,1-2H2. The first-order valence-electron chi connectivity index (χ1n) is 5.47. The van der Waals surface area contributed by atoms with Crippen molar-refractivity contribution >= 4 is 6.16 Å². The molecule has 16 heteroatoms. The maximum atomic E-state index is 13.0. The Balaban J connectivity index is 5.36. The summed E-state index contributed by atoms with van der Waals surface area (Å²) in [6.07, 6.45) is -13.2. The number of alkyl halides is 13. The summed E-state index contributed by atoms with van der Waals surface area (Å²) in [4.78, 5) is 10.5. The Morgan fingerprint density at radius 3 is 1.52 bits per heavy atom. The lowest BCUT2D eigenvalue weighted by atomic mass is 9.98. The molecule has 0 unspecified atom stereocenters. The molecule has 25 heavy (non-hydrogen) atoms. The van der Waals surface area contributed by atoms with E-state index < -0.39 is 55.7 Å². The Morgan fingerprint density at radius 1 is 0.720 bits per heavy atom. The van der Waals surface area contributed by atoms with Crippen LogP contribution in [0.25, 0.3) is 0 Å². The minimum atomic E-state index is -7.65. The molecule has 0 aliphatic heterocycles. The molecule has 0 radical (unpaired) electrons. The molecular formula is C9H5F13O3. The van der Waals surface area contributed by atoms with Crippen molar-refractivity contribution < 1.29 is 71.3 Å². The predicted molar refractivity (Wildman–Crippen MR) is 49.1 cm³/mol. The molecule has 150 valence electrons. The monoisotopic (exact) mass is 408 g/mol. The Morgan fingerprint density at radius 2 is 1.16 bits per heavy atom. The number of carbonyl (C=O) groups excluding carboxylic acids is 1. The number of halogens is 13. The second-order valence-electron chi connectivity index (χ2n) is 4.17. The number of hydrogen-bond acceptors (Lipinski definition) is 3. The van der Waals surface area contributed by atoms with E-state index in [4.69, 9.17) is 0 Å². The summed E-state index contributed by atoms with van der Waals surface area (Å²) in [6.45, 7) is -4.95. The maximum Gasteiger partial charge on any atom is 0.508 e. The topological polar surface area (TPSA) is 35.5 Å². The van der Waals surface area contributed by atoms with Crippen LogP contribution < -0.4 is 0 Å². The summed E-state index contributed by atoms with van der Waals surface area (Å²) in [5, 5.41) is 0. The molecule has 0 N–H and O–H groups in total. The molecule has 0 amide bonds. The number of hydrogen-bond donors (Lipinski definition) is 0. The number of rotatable bonds is 7. The molecule has 3 nitrogen and oxygen atoms in total. The van der Waals surface area contributed by atoms with E-state index in [9.17, 15) is 61.9 Å². The minimum absolute atomic E-state index is 1.79. The molecule has 0 aliphatic rings. The van der Waals surface area contributed by atoms with E-state index in [-0.39, 0.29) is 0 Å². The van der Waals surface area contributed by atoms with Crippen LogP contribution in [0.2, 0.25) is 0 Å². The van der Waals surface area contributed by atoms with Crippen LogP contribution in [-0.2, 0) is 9.47 Å². The molecule has 0 spiro atoms. The van der Waals surface area contributed by atoms with Gasteiger partial charge in [0.15, 0.2) is 13.2 Å². The highest BCUT2D eigenvalue weighted by Crippen LogP contribution is 2.57. The summed E-state index contributed by atoms with van der Waals surface area (Å²) < 4.78 is 167. The van der Waals surface area contributed by atoms with E-state index in [1.165, 1.54) is 0 Å². The van der Waals surface area contributed by atoms with Gasteiger partial charge in [-0.1, -0.05) is 0 Å². The molecule has 0 aliphatic carbocycles. The van der Waals surface area contributed by atoms with E-state index in [0.717, 1.165) is 0 Å². The van der Waals surface area contributed by atoms with Gasteiger partial charge in [-0.2, -0.15) is 48.3 Å². The third-order valence-electron chi connectivity index (χ3n) is 2.30. The fraction of sp³-hybridized carbons (Fsp3) is 0.889. The van der Waals surface area contributed by atoms with Crippen molar-refractivity contribution in [2.75, 3.05) is 13.2 Å². The van der Waals surface area contributed by atoms with Crippen LogP contribution in [0.1, 0.15) is 0 Å². The molecule has 0 heterocycles. The molecule has 0 saturated heterocycles. The van der Waals surface area contributed by atoms with Crippen LogP contribution in [0.4, 0.5) is 61.9 Å². The third kappa shape index (κ3) is 4.50. The van der Waals surface area contributed by atoms with Gasteiger partial charge < -0.3 is 9.47 Å². The summed E-state index contributed by atoms with van der Waals surface area (Å²) >= 11 is 0.